The zero-order valence-corrected chi connectivity index (χ0v) is 17.5. The Morgan fingerprint density at radius 2 is 1.47 bits per heavy atom. The molecule has 164 valence electrons. The summed E-state index contributed by atoms with van der Waals surface area (Å²) in [4.78, 5) is 38.3. The summed E-state index contributed by atoms with van der Waals surface area (Å²) < 4.78 is 18.6. The fourth-order valence-corrected chi connectivity index (χ4v) is 3.01. The number of anilines is 1. The SMILES string of the molecule is CC[C@H](OC(=O)[C@@H](NC(=O)c1ccccc1)c1ccccc1)C(=O)Nc1ccc(F)cc1. The second-order valence-electron chi connectivity index (χ2n) is 7.01. The first-order chi connectivity index (χ1) is 15.5. The molecule has 0 saturated heterocycles. The first kappa shape index (κ1) is 22.7. The Bertz CT molecular complexity index is 1060. The van der Waals surface area contributed by atoms with E-state index in [2.05, 4.69) is 10.6 Å². The van der Waals surface area contributed by atoms with E-state index in [0.29, 0.717) is 16.8 Å². The Morgan fingerprint density at radius 1 is 0.875 bits per heavy atom. The minimum atomic E-state index is -1.10. The van der Waals surface area contributed by atoms with Gasteiger partial charge < -0.3 is 15.4 Å². The van der Waals surface area contributed by atoms with E-state index in [-0.39, 0.29) is 6.42 Å². The molecule has 0 aliphatic heterocycles. The molecule has 2 atom stereocenters. The summed E-state index contributed by atoms with van der Waals surface area (Å²) in [6.07, 6.45) is -0.875. The molecule has 0 bridgehead atoms. The Kier molecular flexibility index (Phi) is 7.70. The molecule has 0 saturated carbocycles. The van der Waals surface area contributed by atoms with Gasteiger partial charge in [0.15, 0.2) is 12.1 Å². The molecule has 3 rings (SSSR count). The summed E-state index contributed by atoms with van der Waals surface area (Å²) >= 11 is 0. The number of rotatable bonds is 8. The highest BCUT2D eigenvalue weighted by atomic mass is 19.1. The third-order valence-electron chi connectivity index (χ3n) is 4.71. The van der Waals surface area contributed by atoms with Gasteiger partial charge in [-0.2, -0.15) is 0 Å². The molecular formula is C25H23FN2O4. The number of esters is 1. The van der Waals surface area contributed by atoms with E-state index in [9.17, 15) is 18.8 Å². The van der Waals surface area contributed by atoms with E-state index < -0.39 is 35.7 Å². The number of carbonyl (C=O) groups is 3. The van der Waals surface area contributed by atoms with Crippen LogP contribution in [0.5, 0.6) is 0 Å². The van der Waals surface area contributed by atoms with E-state index in [1.54, 1.807) is 67.6 Å². The van der Waals surface area contributed by atoms with Crippen LogP contribution in [0.25, 0.3) is 0 Å². The minimum absolute atomic E-state index is 0.215. The normalized spacial score (nSPS) is 12.3. The zero-order valence-electron chi connectivity index (χ0n) is 17.5. The van der Waals surface area contributed by atoms with Crippen LogP contribution in [-0.2, 0) is 14.3 Å². The third kappa shape index (κ3) is 6.01. The molecule has 2 amide bonds. The maximum atomic E-state index is 13.1. The van der Waals surface area contributed by atoms with Crippen molar-refractivity contribution in [2.45, 2.75) is 25.5 Å². The van der Waals surface area contributed by atoms with Crippen molar-refractivity contribution in [3.8, 4) is 0 Å². The van der Waals surface area contributed by atoms with E-state index in [4.69, 9.17) is 4.74 Å². The van der Waals surface area contributed by atoms with Gasteiger partial charge in [-0.05, 0) is 48.4 Å². The summed E-state index contributed by atoms with van der Waals surface area (Å²) in [6, 6.07) is 21.3. The summed E-state index contributed by atoms with van der Waals surface area (Å²) in [7, 11) is 0. The van der Waals surface area contributed by atoms with Crippen LogP contribution in [0.4, 0.5) is 10.1 Å². The number of benzene rings is 3. The molecule has 6 nitrogen and oxygen atoms in total. The number of hydrogen-bond acceptors (Lipinski definition) is 4. The molecule has 32 heavy (non-hydrogen) atoms. The smallest absolute Gasteiger partial charge is 0.334 e. The Balaban J connectivity index is 1.75. The number of ether oxygens (including phenoxy) is 1. The van der Waals surface area contributed by atoms with Gasteiger partial charge in [-0.25, -0.2) is 9.18 Å². The van der Waals surface area contributed by atoms with Gasteiger partial charge in [0.1, 0.15) is 5.82 Å². The van der Waals surface area contributed by atoms with Crippen molar-refractivity contribution in [2.75, 3.05) is 5.32 Å². The monoisotopic (exact) mass is 434 g/mol. The van der Waals surface area contributed by atoms with Crippen LogP contribution < -0.4 is 10.6 Å². The summed E-state index contributed by atoms with van der Waals surface area (Å²) in [5.74, 6) is -2.18. The van der Waals surface area contributed by atoms with Crippen molar-refractivity contribution in [2.24, 2.45) is 0 Å². The highest BCUT2D eigenvalue weighted by Gasteiger charge is 2.29. The molecule has 0 aliphatic carbocycles. The van der Waals surface area contributed by atoms with Crippen molar-refractivity contribution >= 4 is 23.5 Å². The van der Waals surface area contributed by atoms with Gasteiger partial charge in [0.2, 0.25) is 0 Å². The standard InChI is InChI=1S/C25H23FN2O4/c1-2-21(24(30)27-20-15-13-19(26)14-16-20)32-25(31)22(17-9-5-3-6-10-17)28-23(29)18-11-7-4-8-12-18/h3-16,21-22H,2H2,1H3,(H,27,30)(H,28,29)/t21-,22-/m0/s1. The fraction of sp³-hybridized carbons (Fsp3) is 0.160. The van der Waals surface area contributed by atoms with Gasteiger partial charge in [-0.3, -0.25) is 9.59 Å². The van der Waals surface area contributed by atoms with E-state index in [0.717, 1.165) is 0 Å². The van der Waals surface area contributed by atoms with Gasteiger partial charge in [-0.15, -0.1) is 0 Å². The van der Waals surface area contributed by atoms with E-state index >= 15 is 0 Å². The average molecular weight is 434 g/mol. The number of hydrogen-bond donors (Lipinski definition) is 2. The molecule has 0 spiro atoms. The molecular weight excluding hydrogens is 411 g/mol. The predicted molar refractivity (Wildman–Crippen MR) is 118 cm³/mol. The van der Waals surface area contributed by atoms with Crippen LogP contribution in [0.3, 0.4) is 0 Å². The lowest BCUT2D eigenvalue weighted by atomic mass is 10.1. The van der Waals surface area contributed by atoms with Gasteiger partial charge >= 0.3 is 5.97 Å². The second kappa shape index (κ2) is 10.9. The molecule has 7 heteroatoms. The Morgan fingerprint density at radius 3 is 2.06 bits per heavy atom. The van der Waals surface area contributed by atoms with Crippen LogP contribution >= 0.6 is 0 Å². The van der Waals surface area contributed by atoms with Gasteiger partial charge in [0.05, 0.1) is 0 Å². The first-order valence-electron chi connectivity index (χ1n) is 10.2. The number of halogens is 1. The van der Waals surface area contributed by atoms with Crippen molar-refractivity contribution < 1.29 is 23.5 Å². The van der Waals surface area contributed by atoms with Crippen molar-refractivity contribution in [1.82, 2.24) is 5.32 Å². The van der Waals surface area contributed by atoms with Crippen LogP contribution in [0.1, 0.15) is 35.3 Å². The molecule has 0 fully saturated rings. The summed E-state index contributed by atoms with van der Waals surface area (Å²) in [5.41, 5.74) is 1.29. The molecule has 0 aliphatic rings. The molecule has 0 aromatic heterocycles. The van der Waals surface area contributed by atoms with E-state index in [1.165, 1.54) is 24.3 Å². The maximum Gasteiger partial charge on any atom is 0.334 e. The molecule has 0 unspecified atom stereocenters. The lowest BCUT2D eigenvalue weighted by Gasteiger charge is -2.22. The van der Waals surface area contributed by atoms with Crippen molar-refractivity contribution in [3.05, 3.63) is 102 Å². The van der Waals surface area contributed by atoms with E-state index in [1.807, 2.05) is 0 Å². The van der Waals surface area contributed by atoms with Crippen LogP contribution in [0.2, 0.25) is 0 Å². The molecule has 0 radical (unpaired) electrons. The summed E-state index contributed by atoms with van der Waals surface area (Å²) in [5, 5.41) is 5.29. The third-order valence-corrected chi connectivity index (χ3v) is 4.71. The van der Waals surface area contributed by atoms with Gasteiger partial charge in [0.25, 0.3) is 11.8 Å². The van der Waals surface area contributed by atoms with Crippen LogP contribution in [-0.4, -0.2) is 23.9 Å². The highest BCUT2D eigenvalue weighted by molar-refractivity contribution is 5.98. The predicted octanol–water partition coefficient (Wildman–Crippen LogP) is 4.26. The van der Waals surface area contributed by atoms with Gasteiger partial charge in [-0.1, -0.05) is 55.5 Å². The van der Waals surface area contributed by atoms with Gasteiger partial charge in [0, 0.05) is 11.3 Å². The Labute approximate surface area is 185 Å². The number of carbonyl (C=O) groups excluding carboxylic acids is 3. The quantitative estimate of drug-likeness (QED) is 0.519. The minimum Gasteiger partial charge on any atom is -0.450 e. The molecule has 2 N–H and O–H groups in total. The second-order valence-corrected chi connectivity index (χ2v) is 7.01. The lowest BCUT2D eigenvalue weighted by molar-refractivity contribution is -0.156. The first-order valence-corrected chi connectivity index (χ1v) is 10.2. The molecule has 0 heterocycles. The number of amides is 2. The van der Waals surface area contributed by atoms with Crippen LogP contribution in [0, 0.1) is 5.82 Å². The average Bonchev–Trinajstić information content (AvgIpc) is 2.83. The Hall–Kier alpha value is -4.00. The summed E-state index contributed by atoms with van der Waals surface area (Å²) in [6.45, 7) is 1.70. The van der Waals surface area contributed by atoms with Crippen LogP contribution in [0.15, 0.2) is 84.9 Å². The zero-order chi connectivity index (χ0) is 22.9. The van der Waals surface area contributed by atoms with Crippen molar-refractivity contribution in [3.63, 3.8) is 0 Å². The molecule has 3 aromatic carbocycles. The fourth-order valence-electron chi connectivity index (χ4n) is 3.01. The topological polar surface area (TPSA) is 84.5 Å². The number of nitrogens with one attached hydrogen (secondary N) is 2. The largest absolute Gasteiger partial charge is 0.450 e. The van der Waals surface area contributed by atoms with Crippen molar-refractivity contribution in [1.29, 1.82) is 0 Å². The lowest BCUT2D eigenvalue weighted by Crippen LogP contribution is -2.39. The molecule has 3 aromatic rings. The highest BCUT2D eigenvalue weighted by Crippen LogP contribution is 2.18. The maximum absolute atomic E-state index is 13.1.